The number of aromatic nitrogens is 2. The van der Waals surface area contributed by atoms with Gasteiger partial charge in [-0.05, 0) is 13.0 Å². The van der Waals surface area contributed by atoms with Gasteiger partial charge in [0, 0.05) is 25.6 Å². The minimum Gasteiger partial charge on any atom is -0.324 e. The lowest BCUT2D eigenvalue weighted by molar-refractivity contribution is -0.120. The summed E-state index contributed by atoms with van der Waals surface area (Å²) in [5, 5.41) is 12.3. The molecule has 1 fully saturated rings. The van der Waals surface area contributed by atoms with Gasteiger partial charge in [0.05, 0.1) is 24.0 Å². The summed E-state index contributed by atoms with van der Waals surface area (Å²) < 4.78 is 0. The highest BCUT2D eigenvalue weighted by Gasteiger charge is 2.35. The number of carbonyl (C=O) groups excluding carboxylic acids is 1. The maximum atomic E-state index is 12.2. The number of nitrogens with one attached hydrogen (secondary N) is 2. The zero-order chi connectivity index (χ0) is 13.7. The molecule has 0 aliphatic carbocycles. The van der Waals surface area contributed by atoms with Crippen LogP contribution in [-0.4, -0.2) is 40.2 Å². The Balaban J connectivity index is 1.92. The van der Waals surface area contributed by atoms with Gasteiger partial charge in [-0.15, -0.1) is 12.3 Å². The van der Waals surface area contributed by atoms with Crippen LogP contribution in [0.3, 0.4) is 0 Å². The Hall–Kier alpha value is -1.97. The first-order valence-electron chi connectivity index (χ1n) is 6.23. The number of hydrogen-bond acceptors (Lipinski definition) is 5. The second-order valence-corrected chi connectivity index (χ2v) is 4.48. The maximum absolute atomic E-state index is 12.2. The Bertz CT molecular complexity index is 470. The minimum absolute atomic E-state index is 0.0174. The van der Waals surface area contributed by atoms with Crippen molar-refractivity contribution < 1.29 is 4.79 Å². The average Bonchev–Trinajstić information content (AvgIpc) is 2.79. The first-order chi connectivity index (χ1) is 9.22. The van der Waals surface area contributed by atoms with Gasteiger partial charge in [0.1, 0.15) is 0 Å². The Labute approximate surface area is 112 Å². The van der Waals surface area contributed by atoms with Gasteiger partial charge in [-0.3, -0.25) is 10.2 Å². The van der Waals surface area contributed by atoms with E-state index in [-0.39, 0.29) is 17.9 Å². The molecule has 2 unspecified atom stereocenters. The van der Waals surface area contributed by atoms with Gasteiger partial charge < -0.3 is 5.32 Å². The Morgan fingerprint density at radius 1 is 1.68 bits per heavy atom. The number of hydrazine groups is 1. The van der Waals surface area contributed by atoms with Gasteiger partial charge in [-0.25, -0.2) is 5.01 Å². The van der Waals surface area contributed by atoms with Crippen molar-refractivity contribution in [3.8, 4) is 12.3 Å². The van der Waals surface area contributed by atoms with Crippen LogP contribution in [0.15, 0.2) is 18.5 Å². The average molecular weight is 259 g/mol. The quantitative estimate of drug-likeness (QED) is 0.759. The predicted molar refractivity (Wildman–Crippen MR) is 71.8 cm³/mol. The van der Waals surface area contributed by atoms with Gasteiger partial charge in [0.15, 0.2) is 0 Å². The highest BCUT2D eigenvalue weighted by molar-refractivity contribution is 5.93. The van der Waals surface area contributed by atoms with Crippen molar-refractivity contribution in [2.75, 3.05) is 18.4 Å². The summed E-state index contributed by atoms with van der Waals surface area (Å²) in [6.07, 6.45) is 8.99. The molecule has 0 spiro atoms. The van der Waals surface area contributed by atoms with Crippen molar-refractivity contribution in [3.63, 3.8) is 0 Å². The predicted octanol–water partition coefficient (Wildman–Crippen LogP) is 0.263. The Morgan fingerprint density at radius 2 is 2.53 bits per heavy atom. The number of nitrogens with zero attached hydrogens (tertiary/aromatic N) is 3. The molecular weight excluding hydrogens is 242 g/mol. The molecule has 1 aromatic rings. The van der Waals surface area contributed by atoms with Gasteiger partial charge >= 0.3 is 0 Å². The molecule has 1 aliphatic heterocycles. The molecule has 1 aromatic heterocycles. The van der Waals surface area contributed by atoms with E-state index in [1.807, 2.05) is 11.9 Å². The summed E-state index contributed by atoms with van der Waals surface area (Å²) in [5.74, 6) is 2.48. The van der Waals surface area contributed by atoms with Crippen LogP contribution in [0.1, 0.15) is 13.3 Å². The molecule has 2 rings (SSSR count). The SMILES string of the molecule is C#CCCN1NCC(C(=O)Nc2ccnnc2)C1C. The molecule has 1 saturated heterocycles. The van der Waals surface area contributed by atoms with E-state index in [0.717, 1.165) is 6.54 Å². The van der Waals surface area contributed by atoms with Crippen LogP contribution in [0, 0.1) is 18.3 Å². The highest BCUT2D eigenvalue weighted by atomic mass is 16.2. The molecule has 2 N–H and O–H groups in total. The van der Waals surface area contributed by atoms with E-state index >= 15 is 0 Å². The third-order valence-electron chi connectivity index (χ3n) is 3.27. The second kappa shape index (κ2) is 6.27. The van der Waals surface area contributed by atoms with Crippen LogP contribution < -0.4 is 10.7 Å². The van der Waals surface area contributed by atoms with Crippen molar-refractivity contribution in [1.82, 2.24) is 20.6 Å². The molecule has 1 aliphatic rings. The van der Waals surface area contributed by atoms with Crippen molar-refractivity contribution in [2.24, 2.45) is 5.92 Å². The Morgan fingerprint density at radius 3 is 3.21 bits per heavy atom. The van der Waals surface area contributed by atoms with Crippen molar-refractivity contribution in [2.45, 2.75) is 19.4 Å². The lowest BCUT2D eigenvalue weighted by Crippen LogP contribution is -2.38. The highest BCUT2D eigenvalue weighted by Crippen LogP contribution is 2.18. The van der Waals surface area contributed by atoms with Crippen molar-refractivity contribution >= 4 is 11.6 Å². The van der Waals surface area contributed by atoms with E-state index in [0.29, 0.717) is 18.7 Å². The number of terminal acetylenes is 1. The van der Waals surface area contributed by atoms with Crippen LogP contribution in [0.5, 0.6) is 0 Å². The van der Waals surface area contributed by atoms with Gasteiger partial charge in [0.2, 0.25) is 5.91 Å². The lowest BCUT2D eigenvalue weighted by atomic mass is 10.0. The normalized spacial score (nSPS) is 22.9. The Kier molecular flexibility index (Phi) is 4.44. The smallest absolute Gasteiger partial charge is 0.230 e. The third kappa shape index (κ3) is 3.28. The summed E-state index contributed by atoms with van der Waals surface area (Å²) in [5.41, 5.74) is 3.87. The molecule has 6 heteroatoms. The standard InChI is InChI=1S/C13H17N5O/c1-3-4-7-18-10(2)12(9-16-18)13(19)17-11-5-6-14-15-8-11/h1,5-6,8,10,12,16H,4,7,9H2,2H3,(H,14,17,19). The molecule has 2 heterocycles. The molecular formula is C13H17N5O. The zero-order valence-electron chi connectivity index (χ0n) is 10.8. The molecule has 0 aromatic carbocycles. The molecule has 2 atom stereocenters. The summed E-state index contributed by atoms with van der Waals surface area (Å²) in [6.45, 7) is 3.39. The largest absolute Gasteiger partial charge is 0.324 e. The molecule has 100 valence electrons. The van der Waals surface area contributed by atoms with Gasteiger partial charge in [0.25, 0.3) is 0 Å². The van der Waals surface area contributed by atoms with E-state index in [4.69, 9.17) is 6.42 Å². The van der Waals surface area contributed by atoms with E-state index in [1.165, 1.54) is 6.20 Å². The lowest BCUT2D eigenvalue weighted by Gasteiger charge is -2.22. The fourth-order valence-corrected chi connectivity index (χ4v) is 2.13. The summed E-state index contributed by atoms with van der Waals surface area (Å²) in [6, 6.07) is 1.83. The zero-order valence-corrected chi connectivity index (χ0v) is 10.8. The number of amides is 1. The number of hydrogen-bond donors (Lipinski definition) is 2. The molecule has 19 heavy (non-hydrogen) atoms. The number of rotatable bonds is 4. The van der Waals surface area contributed by atoms with Crippen LogP contribution in [-0.2, 0) is 4.79 Å². The summed E-state index contributed by atoms with van der Waals surface area (Å²) >= 11 is 0. The van der Waals surface area contributed by atoms with Crippen molar-refractivity contribution in [3.05, 3.63) is 18.5 Å². The first kappa shape index (κ1) is 13.5. The van der Waals surface area contributed by atoms with E-state index in [2.05, 4.69) is 26.9 Å². The van der Waals surface area contributed by atoms with Crippen LogP contribution in [0.2, 0.25) is 0 Å². The summed E-state index contributed by atoms with van der Waals surface area (Å²) in [4.78, 5) is 12.2. The summed E-state index contributed by atoms with van der Waals surface area (Å²) in [7, 11) is 0. The molecule has 6 nitrogen and oxygen atoms in total. The number of anilines is 1. The fraction of sp³-hybridized carbons (Fsp3) is 0.462. The van der Waals surface area contributed by atoms with Gasteiger partial charge in [-0.1, -0.05) is 0 Å². The van der Waals surface area contributed by atoms with Gasteiger partial charge in [-0.2, -0.15) is 10.2 Å². The van der Waals surface area contributed by atoms with Crippen LogP contribution in [0.4, 0.5) is 5.69 Å². The molecule has 0 bridgehead atoms. The molecule has 1 amide bonds. The first-order valence-corrected chi connectivity index (χ1v) is 6.23. The topological polar surface area (TPSA) is 70.2 Å². The fourth-order valence-electron chi connectivity index (χ4n) is 2.13. The maximum Gasteiger partial charge on any atom is 0.230 e. The second-order valence-electron chi connectivity index (χ2n) is 4.48. The number of carbonyl (C=O) groups is 1. The third-order valence-corrected chi connectivity index (χ3v) is 3.27. The van der Waals surface area contributed by atoms with Crippen molar-refractivity contribution in [1.29, 1.82) is 0 Å². The monoisotopic (exact) mass is 259 g/mol. The van der Waals surface area contributed by atoms with Crippen LogP contribution in [0.25, 0.3) is 0 Å². The van der Waals surface area contributed by atoms with E-state index in [1.54, 1.807) is 12.3 Å². The van der Waals surface area contributed by atoms with E-state index < -0.39 is 0 Å². The van der Waals surface area contributed by atoms with E-state index in [9.17, 15) is 4.79 Å². The molecule has 0 radical (unpaired) electrons. The molecule has 0 saturated carbocycles. The van der Waals surface area contributed by atoms with Crippen LogP contribution >= 0.6 is 0 Å². The minimum atomic E-state index is -0.106.